The van der Waals surface area contributed by atoms with E-state index in [4.69, 9.17) is 20.4 Å². The number of hydrogen-bond acceptors (Lipinski definition) is 4. The molecule has 0 aliphatic rings. The van der Waals surface area contributed by atoms with Gasteiger partial charge in [-0.05, 0) is 55.0 Å². The van der Waals surface area contributed by atoms with Gasteiger partial charge in [0.25, 0.3) is 5.91 Å². The molecule has 0 spiro atoms. The van der Waals surface area contributed by atoms with E-state index in [9.17, 15) is 4.79 Å². The summed E-state index contributed by atoms with van der Waals surface area (Å²) in [5.74, 6) is 0.369. The molecule has 28 heavy (non-hydrogen) atoms. The molecule has 5 nitrogen and oxygen atoms in total. The van der Waals surface area contributed by atoms with Crippen LogP contribution < -0.4 is 10.9 Å². The summed E-state index contributed by atoms with van der Waals surface area (Å²) in [6.45, 7) is 2.17. The fourth-order valence-corrected chi connectivity index (χ4v) is 2.92. The van der Waals surface area contributed by atoms with Crippen LogP contribution in [0.1, 0.15) is 21.7 Å². The molecule has 0 radical (unpaired) electrons. The van der Waals surface area contributed by atoms with Crippen molar-refractivity contribution < 1.29 is 13.6 Å². The van der Waals surface area contributed by atoms with Gasteiger partial charge in [-0.3, -0.25) is 4.79 Å². The quantitative estimate of drug-likeness (QED) is 0.522. The van der Waals surface area contributed by atoms with E-state index in [1.165, 1.54) is 0 Å². The zero-order chi connectivity index (χ0) is 19.5. The van der Waals surface area contributed by atoms with E-state index in [-0.39, 0.29) is 18.0 Å². The number of halogens is 1. The molecular formula is C22H17ClN2O3. The van der Waals surface area contributed by atoms with Crippen molar-refractivity contribution in [2.45, 2.75) is 13.5 Å². The predicted molar refractivity (Wildman–Crippen MR) is 108 cm³/mol. The maximum atomic E-state index is 12.8. The lowest BCUT2D eigenvalue weighted by atomic mass is 10.1. The first kappa shape index (κ1) is 18.1. The molecule has 0 aliphatic heterocycles. The summed E-state index contributed by atoms with van der Waals surface area (Å²) in [5, 5.41) is 4.31. The number of hydrogen-bond donors (Lipinski definition) is 1. The smallest absolute Gasteiger partial charge is 0.257 e. The van der Waals surface area contributed by atoms with Crippen LogP contribution in [0.3, 0.4) is 0 Å². The first-order valence-electron chi connectivity index (χ1n) is 8.74. The number of furan rings is 1. The number of para-hydroxylation sites is 1. The molecule has 0 saturated heterocycles. The van der Waals surface area contributed by atoms with Crippen molar-refractivity contribution in [2.24, 2.45) is 4.99 Å². The van der Waals surface area contributed by atoms with Crippen LogP contribution in [0.2, 0.25) is 5.02 Å². The molecule has 4 rings (SSSR count). The number of amides is 1. The molecule has 1 amide bonds. The van der Waals surface area contributed by atoms with Crippen LogP contribution in [0.25, 0.3) is 11.0 Å². The summed E-state index contributed by atoms with van der Waals surface area (Å²) >= 11 is 6.10. The van der Waals surface area contributed by atoms with Gasteiger partial charge in [0.1, 0.15) is 16.9 Å². The Kier molecular flexibility index (Phi) is 5.00. The Morgan fingerprint density at radius 2 is 1.96 bits per heavy atom. The zero-order valence-electron chi connectivity index (χ0n) is 15.1. The highest BCUT2D eigenvalue weighted by Gasteiger charge is 2.13. The van der Waals surface area contributed by atoms with Gasteiger partial charge in [0.2, 0.25) is 5.55 Å². The number of fused-ring (bicyclic) bond motifs is 1. The van der Waals surface area contributed by atoms with Crippen molar-refractivity contribution in [3.05, 3.63) is 94.4 Å². The SMILES string of the molecule is Cc1cc(N=c2oc3ccccc3cc2C(=O)NCc2ccco2)ccc1Cl. The Morgan fingerprint density at radius 3 is 2.75 bits per heavy atom. The van der Waals surface area contributed by atoms with Crippen LogP contribution in [-0.2, 0) is 6.54 Å². The normalized spacial score (nSPS) is 11.7. The highest BCUT2D eigenvalue weighted by Crippen LogP contribution is 2.21. The molecule has 1 N–H and O–H groups in total. The van der Waals surface area contributed by atoms with E-state index in [2.05, 4.69) is 10.3 Å². The van der Waals surface area contributed by atoms with Gasteiger partial charge >= 0.3 is 0 Å². The van der Waals surface area contributed by atoms with E-state index in [1.807, 2.05) is 37.3 Å². The minimum Gasteiger partial charge on any atom is -0.467 e. The predicted octanol–water partition coefficient (Wildman–Crippen LogP) is 5.15. The van der Waals surface area contributed by atoms with Gasteiger partial charge in [0.15, 0.2) is 0 Å². The van der Waals surface area contributed by atoms with E-state index in [0.717, 1.165) is 10.9 Å². The van der Waals surface area contributed by atoms with Crippen molar-refractivity contribution in [1.29, 1.82) is 0 Å². The number of benzene rings is 2. The summed E-state index contributed by atoms with van der Waals surface area (Å²) < 4.78 is 11.2. The Balaban J connectivity index is 1.78. The lowest BCUT2D eigenvalue weighted by molar-refractivity contribution is 0.0944. The van der Waals surface area contributed by atoms with Crippen LogP contribution in [0.4, 0.5) is 5.69 Å². The van der Waals surface area contributed by atoms with Gasteiger partial charge in [-0.25, -0.2) is 4.99 Å². The van der Waals surface area contributed by atoms with Gasteiger partial charge in [0.05, 0.1) is 18.5 Å². The summed E-state index contributed by atoms with van der Waals surface area (Å²) in [4.78, 5) is 17.4. The van der Waals surface area contributed by atoms with Crippen LogP contribution >= 0.6 is 11.6 Å². The van der Waals surface area contributed by atoms with E-state index in [0.29, 0.717) is 27.6 Å². The largest absolute Gasteiger partial charge is 0.467 e. The van der Waals surface area contributed by atoms with Crippen LogP contribution in [-0.4, -0.2) is 5.91 Å². The molecule has 0 aliphatic carbocycles. The van der Waals surface area contributed by atoms with Gasteiger partial charge in [-0.15, -0.1) is 0 Å². The minimum atomic E-state index is -0.296. The van der Waals surface area contributed by atoms with Crippen LogP contribution in [0, 0.1) is 6.92 Å². The maximum absolute atomic E-state index is 12.8. The Hall–Kier alpha value is -3.31. The third-order valence-electron chi connectivity index (χ3n) is 4.28. The molecule has 0 unspecified atom stereocenters. The maximum Gasteiger partial charge on any atom is 0.257 e. The number of carbonyl (C=O) groups is 1. The lowest BCUT2D eigenvalue weighted by Gasteiger charge is -2.06. The summed E-state index contributed by atoms with van der Waals surface area (Å²) in [6.07, 6.45) is 1.57. The lowest BCUT2D eigenvalue weighted by Crippen LogP contribution is -2.28. The first-order chi connectivity index (χ1) is 13.6. The fraction of sp³-hybridized carbons (Fsp3) is 0.0909. The van der Waals surface area contributed by atoms with Crippen LogP contribution in [0.5, 0.6) is 0 Å². The molecule has 4 aromatic rings. The monoisotopic (exact) mass is 392 g/mol. The molecule has 0 atom stereocenters. The van der Waals surface area contributed by atoms with E-state index in [1.54, 1.807) is 36.6 Å². The second-order valence-corrected chi connectivity index (χ2v) is 6.72. The van der Waals surface area contributed by atoms with Crippen molar-refractivity contribution in [3.63, 3.8) is 0 Å². The Bertz CT molecular complexity index is 1210. The summed E-state index contributed by atoms with van der Waals surface area (Å²) in [7, 11) is 0. The summed E-state index contributed by atoms with van der Waals surface area (Å²) in [6, 6.07) is 18.2. The van der Waals surface area contributed by atoms with Crippen molar-refractivity contribution in [1.82, 2.24) is 5.32 Å². The second-order valence-electron chi connectivity index (χ2n) is 6.31. The second kappa shape index (κ2) is 7.74. The highest BCUT2D eigenvalue weighted by atomic mass is 35.5. The van der Waals surface area contributed by atoms with Crippen molar-refractivity contribution >= 4 is 34.2 Å². The molecule has 140 valence electrons. The molecule has 0 fully saturated rings. The molecule has 2 aromatic heterocycles. The third kappa shape index (κ3) is 3.85. The number of carbonyl (C=O) groups excluding carboxylic acids is 1. The van der Waals surface area contributed by atoms with Crippen molar-refractivity contribution in [2.75, 3.05) is 0 Å². The number of nitrogens with zero attached hydrogens (tertiary/aromatic N) is 1. The molecule has 0 saturated carbocycles. The average molecular weight is 393 g/mol. The molecule has 2 heterocycles. The molecule has 6 heteroatoms. The van der Waals surface area contributed by atoms with E-state index < -0.39 is 0 Å². The topological polar surface area (TPSA) is 67.7 Å². The standard InChI is InChI=1S/C22H17ClN2O3/c1-14-11-16(8-9-19(14)23)25-22-18(12-15-5-2-3-7-20(15)28-22)21(26)24-13-17-6-4-10-27-17/h2-12H,13H2,1H3,(H,24,26). The Labute approximate surface area is 166 Å². The van der Waals surface area contributed by atoms with Crippen molar-refractivity contribution in [3.8, 4) is 0 Å². The number of aryl methyl sites for hydroxylation is 1. The third-order valence-corrected chi connectivity index (χ3v) is 4.70. The molecule has 0 bridgehead atoms. The van der Waals surface area contributed by atoms with Gasteiger partial charge in [0, 0.05) is 10.4 Å². The zero-order valence-corrected chi connectivity index (χ0v) is 15.9. The minimum absolute atomic E-state index is 0.234. The number of rotatable bonds is 4. The van der Waals surface area contributed by atoms with Crippen LogP contribution in [0.15, 0.2) is 80.8 Å². The van der Waals surface area contributed by atoms with Gasteiger partial charge in [-0.1, -0.05) is 29.8 Å². The molecular weight excluding hydrogens is 376 g/mol. The molecule has 2 aromatic carbocycles. The van der Waals surface area contributed by atoms with Gasteiger partial charge in [-0.2, -0.15) is 0 Å². The highest BCUT2D eigenvalue weighted by molar-refractivity contribution is 6.31. The van der Waals surface area contributed by atoms with E-state index >= 15 is 0 Å². The first-order valence-corrected chi connectivity index (χ1v) is 9.12. The Morgan fingerprint density at radius 1 is 1.11 bits per heavy atom. The van der Waals surface area contributed by atoms with Gasteiger partial charge < -0.3 is 14.2 Å². The fourth-order valence-electron chi connectivity index (χ4n) is 2.81. The number of nitrogens with one attached hydrogen (secondary N) is 1. The summed E-state index contributed by atoms with van der Waals surface area (Å²) in [5.41, 5.74) is 2.78. The average Bonchev–Trinajstić information content (AvgIpc) is 3.22.